The van der Waals surface area contributed by atoms with Crippen LogP contribution in [0.1, 0.15) is 5.01 Å². The van der Waals surface area contributed by atoms with E-state index in [0.717, 1.165) is 4.68 Å². The lowest BCUT2D eigenvalue weighted by Gasteiger charge is -2.01. The van der Waals surface area contributed by atoms with Crippen LogP contribution in [-0.2, 0) is 6.18 Å². The van der Waals surface area contributed by atoms with Crippen molar-refractivity contribution in [2.24, 2.45) is 4.99 Å². The van der Waals surface area contributed by atoms with Gasteiger partial charge in [-0.3, -0.25) is 4.99 Å². The third-order valence-corrected chi connectivity index (χ3v) is 3.36. The molecule has 0 saturated carbocycles. The van der Waals surface area contributed by atoms with Gasteiger partial charge in [-0.1, -0.05) is 22.9 Å². The van der Waals surface area contributed by atoms with Crippen LogP contribution in [0.5, 0.6) is 0 Å². The molecule has 2 rings (SSSR count). The number of rotatable bonds is 1. The molecule has 96 valence electrons. The minimum Gasteiger partial charge on any atom is -0.261 e. The lowest BCUT2D eigenvalue weighted by atomic mass is 10.3. The fourth-order valence-electron chi connectivity index (χ4n) is 1.29. The van der Waals surface area contributed by atoms with E-state index < -0.39 is 11.2 Å². The second-order valence-electron chi connectivity index (χ2n) is 3.30. The monoisotopic (exact) mass is 293 g/mol. The molecule has 1 heterocycles. The van der Waals surface area contributed by atoms with E-state index in [2.05, 4.69) is 10.1 Å². The highest BCUT2D eigenvalue weighted by molar-refractivity contribution is 7.08. The van der Waals surface area contributed by atoms with Crippen molar-refractivity contribution < 1.29 is 13.2 Å². The minimum absolute atomic E-state index is 0.171. The molecule has 0 radical (unpaired) electrons. The van der Waals surface area contributed by atoms with Crippen molar-refractivity contribution in [2.75, 3.05) is 7.05 Å². The van der Waals surface area contributed by atoms with Gasteiger partial charge in [0, 0.05) is 12.1 Å². The summed E-state index contributed by atoms with van der Waals surface area (Å²) in [7, 11) is 1.42. The van der Waals surface area contributed by atoms with E-state index in [1.165, 1.54) is 7.05 Å². The van der Waals surface area contributed by atoms with Crippen LogP contribution < -0.4 is 4.80 Å². The molecule has 0 saturated heterocycles. The Morgan fingerprint density at radius 2 is 1.89 bits per heavy atom. The van der Waals surface area contributed by atoms with Crippen molar-refractivity contribution in [3.8, 4) is 5.69 Å². The van der Waals surface area contributed by atoms with E-state index in [0.29, 0.717) is 22.0 Å². The molecule has 0 spiro atoms. The number of aromatic nitrogens is 2. The van der Waals surface area contributed by atoms with E-state index in [1.807, 2.05) is 0 Å². The average Bonchev–Trinajstić information content (AvgIpc) is 2.73. The Bertz CT molecular complexity index is 613. The molecule has 0 fully saturated rings. The maximum absolute atomic E-state index is 12.6. The van der Waals surface area contributed by atoms with Crippen LogP contribution in [0.15, 0.2) is 29.3 Å². The highest BCUT2D eigenvalue weighted by Crippen LogP contribution is 2.29. The van der Waals surface area contributed by atoms with Crippen molar-refractivity contribution in [1.82, 2.24) is 9.78 Å². The highest BCUT2D eigenvalue weighted by atomic mass is 35.5. The van der Waals surface area contributed by atoms with Crippen LogP contribution in [0.2, 0.25) is 5.02 Å². The van der Waals surface area contributed by atoms with Crippen molar-refractivity contribution in [3.63, 3.8) is 0 Å². The Hall–Kier alpha value is -1.34. The van der Waals surface area contributed by atoms with Gasteiger partial charge >= 0.3 is 6.18 Å². The second-order valence-corrected chi connectivity index (χ2v) is 4.69. The first-order valence-corrected chi connectivity index (χ1v) is 5.97. The smallest absolute Gasteiger partial charge is 0.261 e. The summed E-state index contributed by atoms with van der Waals surface area (Å²) >= 11 is 6.21. The van der Waals surface area contributed by atoms with Gasteiger partial charge in [-0.25, -0.2) is 4.68 Å². The van der Waals surface area contributed by atoms with Gasteiger partial charge in [0.2, 0.25) is 9.81 Å². The largest absolute Gasteiger partial charge is 0.445 e. The highest BCUT2D eigenvalue weighted by Gasteiger charge is 2.35. The standard InChI is InChI=1S/C10H7ClF3N3S/c1-15-9-17(7-4-2-6(11)3-5-7)16-8(18-9)10(12,13)14/h2-5H,1H3. The number of hydrogen-bond donors (Lipinski definition) is 0. The first-order chi connectivity index (χ1) is 8.41. The molecule has 2 aromatic rings. The zero-order valence-electron chi connectivity index (χ0n) is 9.07. The molecule has 0 unspecified atom stereocenters. The summed E-state index contributed by atoms with van der Waals surface area (Å²) in [6, 6.07) is 6.32. The van der Waals surface area contributed by atoms with Gasteiger partial charge in [-0.15, -0.1) is 5.10 Å². The summed E-state index contributed by atoms with van der Waals surface area (Å²) in [5.74, 6) is 0. The van der Waals surface area contributed by atoms with Crippen molar-refractivity contribution in [1.29, 1.82) is 0 Å². The third-order valence-electron chi connectivity index (χ3n) is 2.06. The normalized spacial score (nSPS) is 13.1. The summed E-state index contributed by atoms with van der Waals surface area (Å²) in [5, 5.41) is 3.09. The lowest BCUT2D eigenvalue weighted by Crippen LogP contribution is -2.14. The molecule has 8 heteroatoms. The predicted molar refractivity (Wildman–Crippen MR) is 62.9 cm³/mol. The molecule has 0 N–H and O–H groups in total. The number of nitrogens with zero attached hydrogens (tertiary/aromatic N) is 3. The van der Waals surface area contributed by atoms with E-state index in [4.69, 9.17) is 11.6 Å². The Balaban J connectivity index is 2.58. The Morgan fingerprint density at radius 1 is 1.28 bits per heavy atom. The predicted octanol–water partition coefficient (Wildman–Crippen LogP) is 3.14. The van der Waals surface area contributed by atoms with Crippen LogP contribution in [0.3, 0.4) is 0 Å². The molecule has 0 bridgehead atoms. The van der Waals surface area contributed by atoms with E-state index in [-0.39, 0.29) is 4.80 Å². The molecule has 0 aliphatic rings. The fraction of sp³-hybridized carbons (Fsp3) is 0.200. The molecular weight excluding hydrogens is 287 g/mol. The summed E-state index contributed by atoms with van der Waals surface area (Å²) in [5.41, 5.74) is 0.478. The summed E-state index contributed by atoms with van der Waals surface area (Å²) < 4.78 is 38.9. The number of hydrogen-bond acceptors (Lipinski definition) is 3. The van der Waals surface area contributed by atoms with Crippen LogP contribution >= 0.6 is 22.9 Å². The van der Waals surface area contributed by atoms with Gasteiger partial charge in [-0.2, -0.15) is 13.2 Å². The quantitative estimate of drug-likeness (QED) is 0.794. The Morgan fingerprint density at radius 3 is 2.39 bits per heavy atom. The lowest BCUT2D eigenvalue weighted by molar-refractivity contribution is -0.138. The van der Waals surface area contributed by atoms with Gasteiger partial charge in [-0.05, 0) is 24.3 Å². The van der Waals surface area contributed by atoms with Crippen LogP contribution in [0, 0.1) is 0 Å². The van der Waals surface area contributed by atoms with Gasteiger partial charge in [0.25, 0.3) is 0 Å². The number of halogens is 4. The van der Waals surface area contributed by atoms with Gasteiger partial charge in [0.1, 0.15) is 0 Å². The average molecular weight is 294 g/mol. The minimum atomic E-state index is -4.47. The molecule has 1 aromatic carbocycles. The van der Waals surface area contributed by atoms with Crippen molar-refractivity contribution >= 4 is 22.9 Å². The number of benzene rings is 1. The molecule has 0 atom stereocenters. The molecular formula is C10H7ClF3N3S. The summed E-state index contributed by atoms with van der Waals surface area (Å²) in [4.78, 5) is 3.96. The first kappa shape index (κ1) is 13.1. The Kier molecular flexibility index (Phi) is 3.45. The van der Waals surface area contributed by atoms with Gasteiger partial charge in [0.05, 0.1) is 5.69 Å². The number of alkyl halides is 3. The van der Waals surface area contributed by atoms with E-state index in [1.54, 1.807) is 24.3 Å². The zero-order valence-corrected chi connectivity index (χ0v) is 10.6. The van der Waals surface area contributed by atoms with Gasteiger partial charge in [0.15, 0.2) is 0 Å². The zero-order chi connectivity index (χ0) is 13.3. The van der Waals surface area contributed by atoms with Crippen molar-refractivity contribution in [3.05, 3.63) is 39.1 Å². The fourth-order valence-corrected chi connectivity index (χ4v) is 2.15. The van der Waals surface area contributed by atoms with Crippen LogP contribution in [0.4, 0.5) is 13.2 Å². The maximum Gasteiger partial charge on any atom is 0.445 e. The Labute approximate surface area is 109 Å². The molecule has 3 nitrogen and oxygen atoms in total. The van der Waals surface area contributed by atoms with Crippen LogP contribution in [0.25, 0.3) is 5.69 Å². The molecule has 1 aromatic heterocycles. The molecule has 0 aliphatic carbocycles. The van der Waals surface area contributed by atoms with Crippen LogP contribution in [-0.4, -0.2) is 16.8 Å². The summed E-state index contributed by atoms with van der Waals surface area (Å²) in [6.07, 6.45) is -4.47. The topological polar surface area (TPSA) is 30.2 Å². The second kappa shape index (κ2) is 4.74. The molecule has 0 aliphatic heterocycles. The third kappa shape index (κ3) is 2.56. The van der Waals surface area contributed by atoms with E-state index >= 15 is 0 Å². The van der Waals surface area contributed by atoms with Gasteiger partial charge < -0.3 is 0 Å². The first-order valence-electron chi connectivity index (χ1n) is 4.78. The SMILES string of the molecule is CN=c1sc(C(F)(F)F)nn1-c1ccc(Cl)cc1. The molecule has 18 heavy (non-hydrogen) atoms. The molecule has 0 amide bonds. The van der Waals surface area contributed by atoms with Crippen molar-refractivity contribution in [2.45, 2.75) is 6.18 Å². The van der Waals surface area contributed by atoms with E-state index in [9.17, 15) is 13.2 Å². The summed E-state index contributed by atoms with van der Waals surface area (Å²) in [6.45, 7) is 0. The maximum atomic E-state index is 12.6.